The van der Waals surface area contributed by atoms with Crippen LogP contribution in [-0.2, 0) is 10.6 Å². The van der Waals surface area contributed by atoms with Gasteiger partial charge in [-0.3, -0.25) is 0 Å². The molecule has 0 saturated heterocycles. The molecule has 0 N–H and O–H groups in total. The maximum Gasteiger partial charge on any atom is 0.416 e. The zero-order valence-electron chi connectivity index (χ0n) is 14.1. The van der Waals surface area contributed by atoms with E-state index in [0.29, 0.717) is 0 Å². The number of benzene rings is 1. The monoisotopic (exact) mass is 344 g/mol. The Labute approximate surface area is 137 Å². The van der Waals surface area contributed by atoms with Gasteiger partial charge in [-0.2, -0.15) is 13.2 Å². The van der Waals surface area contributed by atoms with Crippen LogP contribution in [0.1, 0.15) is 26.3 Å². The normalized spacial score (nSPS) is 13.3. The number of halogens is 3. The first-order valence-corrected chi connectivity index (χ1v) is 10.2. The minimum Gasteiger partial charge on any atom is -0.505 e. The van der Waals surface area contributed by atoms with Gasteiger partial charge >= 0.3 is 6.18 Å². The van der Waals surface area contributed by atoms with Crippen molar-refractivity contribution >= 4 is 9.04 Å². The fourth-order valence-corrected chi connectivity index (χ4v) is 1.98. The van der Waals surface area contributed by atoms with Crippen LogP contribution in [0, 0.1) is 23.4 Å². The Morgan fingerprint density at radius 2 is 1.83 bits per heavy atom. The molecule has 0 amide bonds. The fraction of sp³-hybridized carbons (Fsp3) is 0.529. The molecule has 1 aromatic carbocycles. The van der Waals surface area contributed by atoms with Gasteiger partial charge in [-0.25, -0.2) is 0 Å². The van der Waals surface area contributed by atoms with E-state index in [0.717, 1.165) is 12.1 Å². The molecule has 0 fully saturated rings. The summed E-state index contributed by atoms with van der Waals surface area (Å²) in [6.07, 6.45) is -1.66. The lowest BCUT2D eigenvalue weighted by Crippen LogP contribution is -2.25. The second-order valence-corrected chi connectivity index (χ2v) is 9.00. The van der Waals surface area contributed by atoms with Gasteiger partial charge in [0.15, 0.2) is 0 Å². The first kappa shape index (κ1) is 19.4. The summed E-state index contributed by atoms with van der Waals surface area (Å²) in [4.78, 5) is 0. The average Bonchev–Trinajstić information content (AvgIpc) is 2.40. The molecule has 0 aliphatic rings. The lowest BCUT2D eigenvalue weighted by molar-refractivity contribution is -0.137. The quantitative estimate of drug-likeness (QED) is 0.582. The Morgan fingerprint density at radius 3 is 2.35 bits per heavy atom. The van der Waals surface area contributed by atoms with Crippen molar-refractivity contribution in [3.05, 3.63) is 29.8 Å². The Morgan fingerprint density at radius 1 is 1.17 bits per heavy atom. The van der Waals surface area contributed by atoms with Gasteiger partial charge in [0.2, 0.25) is 9.04 Å². The number of hydrogen-bond acceptors (Lipinski definition) is 2. The molecule has 1 aromatic rings. The minimum absolute atomic E-state index is 0.148. The highest BCUT2D eigenvalue weighted by Gasteiger charge is 2.31. The molecular formula is C17H23F3O2Si. The Kier molecular flexibility index (Phi) is 6.57. The third-order valence-electron chi connectivity index (χ3n) is 3.15. The summed E-state index contributed by atoms with van der Waals surface area (Å²) < 4.78 is 49.0. The molecule has 0 aliphatic heterocycles. The number of alkyl halides is 3. The van der Waals surface area contributed by atoms with Crippen LogP contribution in [0.3, 0.4) is 0 Å². The highest BCUT2D eigenvalue weighted by Crippen LogP contribution is 2.32. The van der Waals surface area contributed by atoms with Gasteiger partial charge in [0, 0.05) is 0 Å². The Bertz CT molecular complexity index is 566. The highest BCUT2D eigenvalue weighted by molar-refractivity contribution is 6.48. The smallest absolute Gasteiger partial charge is 0.416 e. The summed E-state index contributed by atoms with van der Waals surface area (Å²) in [6.45, 7) is 10.3. The lowest BCUT2D eigenvalue weighted by atomic mass is 9.82. The molecule has 0 unspecified atom stereocenters. The van der Waals surface area contributed by atoms with Gasteiger partial charge in [-0.05, 0) is 36.7 Å². The predicted molar refractivity (Wildman–Crippen MR) is 87.6 cm³/mol. The summed E-state index contributed by atoms with van der Waals surface area (Å²) in [7, 11) is -1.23. The largest absolute Gasteiger partial charge is 0.505 e. The van der Waals surface area contributed by atoms with Gasteiger partial charge in [0.05, 0.1) is 17.6 Å². The van der Waals surface area contributed by atoms with Crippen LogP contribution >= 0.6 is 0 Å². The van der Waals surface area contributed by atoms with Crippen LogP contribution in [-0.4, -0.2) is 15.6 Å². The zero-order valence-corrected chi connectivity index (χ0v) is 15.3. The second-order valence-electron chi connectivity index (χ2n) is 6.67. The predicted octanol–water partition coefficient (Wildman–Crippen LogP) is 4.71. The molecule has 23 heavy (non-hydrogen) atoms. The van der Waals surface area contributed by atoms with E-state index >= 15 is 0 Å². The number of ether oxygens (including phenoxy) is 1. The summed E-state index contributed by atoms with van der Waals surface area (Å²) in [5, 5.41) is 0. The van der Waals surface area contributed by atoms with E-state index < -0.39 is 20.8 Å². The van der Waals surface area contributed by atoms with Crippen molar-refractivity contribution in [2.45, 2.75) is 40.0 Å². The van der Waals surface area contributed by atoms with Gasteiger partial charge in [0.25, 0.3) is 0 Å². The highest BCUT2D eigenvalue weighted by atomic mass is 28.3. The lowest BCUT2D eigenvalue weighted by Gasteiger charge is -2.26. The molecule has 0 bridgehead atoms. The minimum atomic E-state index is -4.38. The van der Waals surface area contributed by atoms with Crippen molar-refractivity contribution in [3.63, 3.8) is 0 Å². The molecule has 0 spiro atoms. The second kappa shape index (κ2) is 7.78. The van der Waals surface area contributed by atoms with Crippen molar-refractivity contribution in [1.29, 1.82) is 0 Å². The van der Waals surface area contributed by atoms with Crippen molar-refractivity contribution < 1.29 is 22.3 Å². The molecule has 0 aliphatic carbocycles. The van der Waals surface area contributed by atoms with Gasteiger partial charge in [0.1, 0.15) is 12.4 Å². The molecule has 0 saturated carbocycles. The van der Waals surface area contributed by atoms with Crippen molar-refractivity contribution in [2.75, 3.05) is 6.61 Å². The van der Waals surface area contributed by atoms with Gasteiger partial charge < -0.3 is 9.16 Å². The van der Waals surface area contributed by atoms with E-state index in [2.05, 4.69) is 12.0 Å². The van der Waals surface area contributed by atoms with E-state index in [9.17, 15) is 13.2 Å². The van der Waals surface area contributed by atoms with Crippen molar-refractivity contribution in [1.82, 2.24) is 0 Å². The van der Waals surface area contributed by atoms with Crippen LogP contribution in [0.5, 0.6) is 5.75 Å². The first-order chi connectivity index (χ1) is 10.5. The summed E-state index contributed by atoms with van der Waals surface area (Å²) in [5.41, 5.74) is -0.890. The number of hydrogen-bond donors (Lipinski definition) is 0. The molecule has 1 atom stereocenters. The van der Waals surface area contributed by atoms with Gasteiger partial charge in [-0.1, -0.05) is 32.8 Å². The van der Waals surface area contributed by atoms with Crippen LogP contribution in [0.25, 0.3) is 0 Å². The van der Waals surface area contributed by atoms with E-state index in [1.165, 1.54) is 12.1 Å². The van der Waals surface area contributed by atoms with Crippen LogP contribution < -0.4 is 4.74 Å². The van der Waals surface area contributed by atoms with Crippen LogP contribution in [0.4, 0.5) is 13.2 Å². The van der Waals surface area contributed by atoms with Crippen LogP contribution in [0.2, 0.25) is 13.1 Å². The van der Waals surface area contributed by atoms with E-state index in [1.54, 1.807) is 0 Å². The van der Waals surface area contributed by atoms with E-state index in [4.69, 9.17) is 9.16 Å². The molecule has 0 heterocycles. The molecule has 0 radical (unpaired) electrons. The average molecular weight is 344 g/mol. The molecule has 128 valence electrons. The molecule has 1 rings (SSSR count). The van der Waals surface area contributed by atoms with E-state index in [1.807, 2.05) is 33.9 Å². The first-order valence-electron chi connectivity index (χ1n) is 7.46. The Balaban J connectivity index is 2.80. The van der Waals surface area contributed by atoms with Gasteiger partial charge in [-0.15, -0.1) is 0 Å². The third-order valence-corrected chi connectivity index (χ3v) is 3.74. The summed E-state index contributed by atoms with van der Waals surface area (Å²) >= 11 is 0. The summed E-state index contributed by atoms with van der Waals surface area (Å²) in [5.74, 6) is 3.06. The van der Waals surface area contributed by atoms with Crippen molar-refractivity contribution in [2.24, 2.45) is 11.3 Å². The van der Waals surface area contributed by atoms with E-state index in [-0.39, 0.29) is 23.7 Å². The van der Waals surface area contributed by atoms with Crippen molar-refractivity contribution in [3.8, 4) is 17.8 Å². The fourth-order valence-electron chi connectivity index (χ4n) is 1.67. The maximum absolute atomic E-state index is 12.7. The Hall–Kier alpha value is -1.61. The SMILES string of the molecule is C[SiH](C)OC#C[C@H](COc1cccc(C(F)(F)F)c1)C(C)(C)C. The molecular weight excluding hydrogens is 321 g/mol. The third kappa shape index (κ3) is 7.00. The summed E-state index contributed by atoms with van der Waals surface area (Å²) in [6, 6.07) is 4.88. The molecule has 6 heteroatoms. The molecule has 0 aromatic heterocycles. The molecule has 2 nitrogen and oxygen atoms in total. The maximum atomic E-state index is 12.7. The topological polar surface area (TPSA) is 18.5 Å². The standard InChI is InChI=1S/C17H23F3O2Si/c1-16(2,3)14(9-10-22-23(4)5)12-21-15-8-6-7-13(11-15)17(18,19)20/h6-8,11,14,23H,12H2,1-5H3/t14-/m1/s1. The number of rotatable bonds is 4. The van der Waals surface area contributed by atoms with Crippen LogP contribution in [0.15, 0.2) is 24.3 Å². The zero-order chi connectivity index (χ0) is 17.7.